The number of pyridine rings is 1. The van der Waals surface area contributed by atoms with Gasteiger partial charge in [0.2, 0.25) is 0 Å². The average Bonchev–Trinajstić information content (AvgIpc) is 3.08. The Kier molecular flexibility index (Phi) is 4.96. The Morgan fingerprint density at radius 2 is 2.04 bits per heavy atom. The number of hydrogen-bond donors (Lipinski definition) is 1. The molecule has 0 aliphatic carbocycles. The van der Waals surface area contributed by atoms with Crippen LogP contribution in [0.3, 0.4) is 0 Å². The van der Waals surface area contributed by atoms with Gasteiger partial charge in [0.05, 0.1) is 24.3 Å². The van der Waals surface area contributed by atoms with Crippen molar-refractivity contribution in [3.8, 4) is 5.75 Å². The van der Waals surface area contributed by atoms with E-state index in [9.17, 15) is 14.3 Å². The van der Waals surface area contributed by atoms with Gasteiger partial charge in [-0.2, -0.15) is 0 Å². The number of aliphatic hydroxyl groups excluding tert-OH is 1. The first-order valence-electron chi connectivity index (χ1n) is 9.21. The average molecular weight is 380 g/mol. The molecule has 2 aromatic carbocycles. The second-order valence-electron chi connectivity index (χ2n) is 7.05. The normalized spacial score (nSPS) is 19.2. The summed E-state index contributed by atoms with van der Waals surface area (Å²) in [4.78, 5) is 18.7. The minimum Gasteiger partial charge on any atom is -0.494 e. The van der Waals surface area contributed by atoms with Crippen LogP contribution in [0.15, 0.2) is 54.7 Å². The van der Waals surface area contributed by atoms with Crippen LogP contribution in [-0.4, -0.2) is 47.2 Å². The number of β-amino-alcohol motifs (C(OH)–C–C–N with tert-alkyl or cyclic N) is 1. The molecule has 0 saturated carbocycles. The zero-order chi connectivity index (χ0) is 19.7. The molecule has 1 amide bonds. The standard InChI is InChI=1S/C22H21FN2O3/c1-28-20-8-4-6-17(21(20)23)22(27)25-12-15(19(26)13-25)11-14-9-10-24-18-7-3-2-5-16(14)18/h2-10,15,19,26H,11-13H2,1H3/t15-,19-/m1/s1. The minimum atomic E-state index is -0.673. The molecule has 0 bridgehead atoms. The van der Waals surface area contributed by atoms with Gasteiger partial charge in [0.25, 0.3) is 5.91 Å². The molecule has 2 atom stereocenters. The Morgan fingerprint density at radius 1 is 1.21 bits per heavy atom. The van der Waals surface area contributed by atoms with Crippen LogP contribution in [-0.2, 0) is 6.42 Å². The summed E-state index contributed by atoms with van der Waals surface area (Å²) >= 11 is 0. The maximum absolute atomic E-state index is 14.5. The van der Waals surface area contributed by atoms with Gasteiger partial charge in [-0.25, -0.2) is 4.39 Å². The molecule has 28 heavy (non-hydrogen) atoms. The second-order valence-corrected chi connectivity index (χ2v) is 7.05. The number of amides is 1. The molecule has 144 valence electrons. The zero-order valence-corrected chi connectivity index (χ0v) is 15.5. The van der Waals surface area contributed by atoms with Gasteiger partial charge in [-0.05, 0) is 36.2 Å². The smallest absolute Gasteiger partial charge is 0.257 e. The van der Waals surface area contributed by atoms with Gasteiger partial charge in [0, 0.05) is 30.6 Å². The number of hydrogen-bond acceptors (Lipinski definition) is 4. The van der Waals surface area contributed by atoms with E-state index >= 15 is 0 Å². The Bertz CT molecular complexity index is 1020. The molecule has 4 rings (SSSR count). The van der Waals surface area contributed by atoms with E-state index < -0.39 is 17.8 Å². The quantitative estimate of drug-likeness (QED) is 0.756. The third-order valence-electron chi connectivity index (χ3n) is 5.33. The van der Waals surface area contributed by atoms with Gasteiger partial charge in [-0.1, -0.05) is 24.3 Å². The third kappa shape index (κ3) is 3.31. The molecule has 6 heteroatoms. The number of halogens is 1. The van der Waals surface area contributed by atoms with Crippen LogP contribution in [0, 0.1) is 11.7 Å². The van der Waals surface area contributed by atoms with Crippen molar-refractivity contribution in [2.75, 3.05) is 20.2 Å². The van der Waals surface area contributed by atoms with E-state index in [1.165, 1.54) is 24.1 Å². The number of carbonyl (C=O) groups is 1. The van der Waals surface area contributed by atoms with Crippen molar-refractivity contribution in [1.29, 1.82) is 0 Å². The summed E-state index contributed by atoms with van der Waals surface area (Å²) < 4.78 is 19.4. The number of benzene rings is 2. The highest BCUT2D eigenvalue weighted by atomic mass is 19.1. The Morgan fingerprint density at radius 3 is 2.86 bits per heavy atom. The number of rotatable bonds is 4. The molecule has 1 fully saturated rings. The summed E-state index contributed by atoms with van der Waals surface area (Å²) in [6, 6.07) is 14.3. The van der Waals surface area contributed by atoms with E-state index in [1.54, 1.807) is 12.3 Å². The fourth-order valence-corrected chi connectivity index (χ4v) is 3.84. The van der Waals surface area contributed by atoms with Gasteiger partial charge < -0.3 is 14.7 Å². The van der Waals surface area contributed by atoms with Gasteiger partial charge in [-0.15, -0.1) is 0 Å². The predicted molar refractivity (Wildman–Crippen MR) is 104 cm³/mol. The fraction of sp³-hybridized carbons (Fsp3) is 0.273. The van der Waals surface area contributed by atoms with E-state index in [2.05, 4.69) is 4.98 Å². The molecule has 3 aromatic rings. The summed E-state index contributed by atoms with van der Waals surface area (Å²) in [5, 5.41) is 11.6. The number of fused-ring (bicyclic) bond motifs is 1. The monoisotopic (exact) mass is 380 g/mol. The maximum Gasteiger partial charge on any atom is 0.257 e. The number of ether oxygens (including phenoxy) is 1. The summed E-state index contributed by atoms with van der Waals surface area (Å²) in [7, 11) is 1.36. The Labute approximate surface area is 162 Å². The zero-order valence-electron chi connectivity index (χ0n) is 15.5. The van der Waals surface area contributed by atoms with Crippen molar-refractivity contribution in [3.05, 3.63) is 71.7 Å². The predicted octanol–water partition coefficient (Wildman–Crippen LogP) is 3.06. The molecule has 0 spiro atoms. The lowest BCUT2D eigenvalue weighted by molar-refractivity contribution is 0.0759. The summed E-state index contributed by atoms with van der Waals surface area (Å²) in [6.07, 6.45) is 1.71. The Hall–Kier alpha value is -2.99. The van der Waals surface area contributed by atoms with Gasteiger partial charge in [0.15, 0.2) is 11.6 Å². The Balaban J connectivity index is 1.54. The van der Waals surface area contributed by atoms with Crippen molar-refractivity contribution in [2.24, 2.45) is 5.92 Å². The van der Waals surface area contributed by atoms with Crippen LogP contribution in [0.4, 0.5) is 4.39 Å². The van der Waals surface area contributed by atoms with E-state index in [1.807, 2.05) is 30.3 Å². The largest absolute Gasteiger partial charge is 0.494 e. The van der Waals surface area contributed by atoms with Crippen LogP contribution in [0.5, 0.6) is 5.75 Å². The molecule has 0 radical (unpaired) electrons. The summed E-state index contributed by atoms with van der Waals surface area (Å²) in [6.45, 7) is 0.552. The molecule has 1 N–H and O–H groups in total. The van der Waals surface area contributed by atoms with E-state index in [0.29, 0.717) is 13.0 Å². The van der Waals surface area contributed by atoms with Crippen molar-refractivity contribution in [3.63, 3.8) is 0 Å². The van der Waals surface area contributed by atoms with Gasteiger partial charge >= 0.3 is 0 Å². The topological polar surface area (TPSA) is 62.7 Å². The number of carbonyl (C=O) groups excluding carboxylic acids is 1. The molecule has 1 saturated heterocycles. The number of likely N-dealkylation sites (tertiary alicyclic amines) is 1. The molecule has 0 unspecified atom stereocenters. The van der Waals surface area contributed by atoms with Crippen LogP contribution in [0.25, 0.3) is 10.9 Å². The van der Waals surface area contributed by atoms with Crippen molar-refractivity contribution in [2.45, 2.75) is 12.5 Å². The van der Waals surface area contributed by atoms with E-state index in [0.717, 1.165) is 16.5 Å². The third-order valence-corrected chi connectivity index (χ3v) is 5.33. The van der Waals surface area contributed by atoms with Crippen molar-refractivity contribution in [1.82, 2.24) is 9.88 Å². The molecular formula is C22H21FN2O3. The van der Waals surface area contributed by atoms with Crippen molar-refractivity contribution >= 4 is 16.8 Å². The first-order valence-corrected chi connectivity index (χ1v) is 9.21. The molecule has 5 nitrogen and oxygen atoms in total. The van der Waals surface area contributed by atoms with Crippen molar-refractivity contribution < 1.29 is 19.0 Å². The first-order chi connectivity index (χ1) is 13.6. The lowest BCUT2D eigenvalue weighted by atomic mass is 9.94. The maximum atomic E-state index is 14.5. The van der Waals surface area contributed by atoms with Crippen LogP contribution in [0.1, 0.15) is 15.9 Å². The number of nitrogens with zero attached hydrogens (tertiary/aromatic N) is 2. The number of para-hydroxylation sites is 1. The van der Waals surface area contributed by atoms with E-state index in [-0.39, 0.29) is 23.8 Å². The lowest BCUT2D eigenvalue weighted by Gasteiger charge is -2.17. The minimum absolute atomic E-state index is 0.0328. The summed E-state index contributed by atoms with van der Waals surface area (Å²) in [5.74, 6) is -1.19. The molecular weight excluding hydrogens is 359 g/mol. The fourth-order valence-electron chi connectivity index (χ4n) is 3.84. The van der Waals surface area contributed by atoms with Crippen LogP contribution < -0.4 is 4.74 Å². The first kappa shape index (κ1) is 18.4. The van der Waals surface area contributed by atoms with Crippen LogP contribution in [0.2, 0.25) is 0 Å². The highest BCUT2D eigenvalue weighted by Gasteiger charge is 2.35. The molecule has 1 aromatic heterocycles. The van der Waals surface area contributed by atoms with Gasteiger partial charge in [-0.3, -0.25) is 9.78 Å². The highest BCUT2D eigenvalue weighted by Crippen LogP contribution is 2.28. The number of aromatic nitrogens is 1. The SMILES string of the molecule is COc1cccc(C(=O)N2C[C@@H](Cc3ccnc4ccccc34)[C@H](O)C2)c1F. The highest BCUT2D eigenvalue weighted by molar-refractivity contribution is 5.95. The lowest BCUT2D eigenvalue weighted by Crippen LogP contribution is -2.30. The van der Waals surface area contributed by atoms with E-state index in [4.69, 9.17) is 4.74 Å². The number of methoxy groups -OCH3 is 1. The molecule has 1 aliphatic heterocycles. The number of aliphatic hydroxyl groups is 1. The second kappa shape index (κ2) is 7.56. The summed E-state index contributed by atoms with van der Waals surface area (Å²) in [5.41, 5.74) is 1.94. The molecule has 2 heterocycles. The molecule has 1 aliphatic rings. The van der Waals surface area contributed by atoms with Gasteiger partial charge in [0.1, 0.15) is 0 Å². The van der Waals surface area contributed by atoms with Crippen LogP contribution >= 0.6 is 0 Å².